The molecule has 1 saturated carbocycles. The van der Waals surface area contributed by atoms with Gasteiger partial charge in [0, 0.05) is 18.8 Å². The first-order valence-corrected chi connectivity index (χ1v) is 8.10. The third kappa shape index (κ3) is 2.75. The number of rotatable bonds is 4. The maximum absolute atomic E-state index is 4.74. The Morgan fingerprint density at radius 1 is 1.24 bits per heavy atom. The second-order valence-electron chi connectivity index (χ2n) is 6.50. The number of fused-ring (bicyclic) bond motifs is 1. The first kappa shape index (κ1) is 13.1. The summed E-state index contributed by atoms with van der Waals surface area (Å²) in [5, 5.41) is 8.16. The topological polar surface area (TPSA) is 45.5 Å². The molecule has 1 aliphatic carbocycles. The molecule has 0 atom stereocenters. The van der Waals surface area contributed by atoms with Crippen molar-refractivity contribution in [1.29, 1.82) is 0 Å². The largest absolute Gasteiger partial charge is 0.336 e. The van der Waals surface area contributed by atoms with Gasteiger partial charge in [-0.05, 0) is 63.2 Å². The van der Waals surface area contributed by atoms with Crippen molar-refractivity contribution in [2.75, 3.05) is 24.5 Å². The predicted octanol–water partition coefficient (Wildman–Crippen LogP) is 2.01. The second kappa shape index (κ2) is 5.30. The fourth-order valence-electron chi connectivity index (χ4n) is 3.22. The summed E-state index contributed by atoms with van der Waals surface area (Å²) in [6.07, 6.45) is 7.19. The number of aryl methyl sites for hydroxylation is 1. The number of aromatic nitrogens is 3. The molecule has 3 heterocycles. The van der Waals surface area contributed by atoms with Crippen molar-refractivity contribution >= 4 is 11.6 Å². The summed E-state index contributed by atoms with van der Waals surface area (Å²) in [4.78, 5) is 7.20. The highest BCUT2D eigenvalue weighted by atomic mass is 15.4. The molecule has 2 aliphatic rings. The quantitative estimate of drug-likeness (QED) is 0.933. The molecule has 21 heavy (non-hydrogen) atoms. The smallest absolute Gasteiger partial charge is 0.245 e. The van der Waals surface area contributed by atoms with Crippen molar-refractivity contribution in [3.8, 4) is 0 Å². The van der Waals surface area contributed by atoms with E-state index >= 15 is 0 Å². The van der Waals surface area contributed by atoms with Crippen LogP contribution in [0.5, 0.6) is 0 Å². The van der Waals surface area contributed by atoms with Crippen molar-refractivity contribution in [3.63, 3.8) is 0 Å². The molecule has 1 N–H and O–H groups in total. The molecule has 0 aromatic carbocycles. The van der Waals surface area contributed by atoms with E-state index in [2.05, 4.69) is 35.5 Å². The first-order chi connectivity index (χ1) is 10.3. The monoisotopic (exact) mass is 285 g/mol. The van der Waals surface area contributed by atoms with Crippen LogP contribution in [0.1, 0.15) is 31.2 Å². The number of nitrogens with zero attached hydrogens (tertiary/aromatic N) is 4. The molecule has 112 valence electrons. The van der Waals surface area contributed by atoms with Crippen molar-refractivity contribution in [2.45, 2.75) is 38.6 Å². The molecular formula is C16H23N5. The second-order valence-corrected chi connectivity index (χ2v) is 6.50. The summed E-state index contributed by atoms with van der Waals surface area (Å²) < 4.78 is 1.92. The van der Waals surface area contributed by atoms with Crippen LogP contribution in [0.15, 0.2) is 18.3 Å². The summed E-state index contributed by atoms with van der Waals surface area (Å²) in [5.74, 6) is 1.70. The van der Waals surface area contributed by atoms with Crippen LogP contribution in [-0.4, -0.2) is 40.3 Å². The molecular weight excluding hydrogens is 262 g/mol. The fraction of sp³-hybridized carbons (Fsp3) is 0.625. The lowest BCUT2D eigenvalue weighted by Gasteiger charge is -2.29. The van der Waals surface area contributed by atoms with Gasteiger partial charge in [0.15, 0.2) is 5.65 Å². The van der Waals surface area contributed by atoms with E-state index in [1.54, 1.807) is 0 Å². The highest BCUT2D eigenvalue weighted by Crippen LogP contribution is 2.32. The molecule has 0 amide bonds. The van der Waals surface area contributed by atoms with Gasteiger partial charge in [0.1, 0.15) is 0 Å². The van der Waals surface area contributed by atoms with Gasteiger partial charge in [-0.25, -0.2) is 4.52 Å². The zero-order chi connectivity index (χ0) is 14.2. The van der Waals surface area contributed by atoms with Crippen LogP contribution >= 0.6 is 0 Å². The number of pyridine rings is 1. The summed E-state index contributed by atoms with van der Waals surface area (Å²) >= 11 is 0. The lowest BCUT2D eigenvalue weighted by molar-refractivity contribution is 0.371. The molecule has 2 aromatic heterocycles. The van der Waals surface area contributed by atoms with E-state index in [4.69, 9.17) is 10.1 Å². The average molecular weight is 285 g/mol. The van der Waals surface area contributed by atoms with Gasteiger partial charge in [0.05, 0.1) is 0 Å². The van der Waals surface area contributed by atoms with E-state index in [0.29, 0.717) is 6.04 Å². The molecule has 5 nitrogen and oxygen atoms in total. The van der Waals surface area contributed by atoms with Crippen LogP contribution in [0.2, 0.25) is 0 Å². The lowest BCUT2D eigenvalue weighted by Crippen LogP contribution is -2.37. The van der Waals surface area contributed by atoms with Gasteiger partial charge in [-0.3, -0.25) is 0 Å². The van der Waals surface area contributed by atoms with Crippen LogP contribution in [0.25, 0.3) is 5.65 Å². The number of anilines is 1. The van der Waals surface area contributed by atoms with Crippen molar-refractivity contribution < 1.29 is 0 Å². The molecule has 2 fully saturated rings. The van der Waals surface area contributed by atoms with E-state index in [-0.39, 0.29) is 0 Å². The molecule has 4 rings (SSSR count). The Morgan fingerprint density at radius 2 is 2.05 bits per heavy atom. The maximum atomic E-state index is 4.74. The van der Waals surface area contributed by atoms with E-state index in [1.807, 2.05) is 4.52 Å². The van der Waals surface area contributed by atoms with Crippen LogP contribution in [0.4, 0.5) is 5.95 Å². The van der Waals surface area contributed by atoms with Gasteiger partial charge >= 0.3 is 0 Å². The Hall–Kier alpha value is -1.62. The Balaban J connectivity index is 1.59. The van der Waals surface area contributed by atoms with Crippen LogP contribution in [0, 0.1) is 12.8 Å². The van der Waals surface area contributed by atoms with Crippen LogP contribution in [0.3, 0.4) is 0 Å². The summed E-state index contributed by atoms with van der Waals surface area (Å²) in [6.45, 7) is 5.51. The van der Waals surface area contributed by atoms with E-state index in [1.165, 1.54) is 31.2 Å². The van der Waals surface area contributed by atoms with E-state index in [0.717, 1.165) is 37.1 Å². The molecule has 0 bridgehead atoms. The minimum Gasteiger partial charge on any atom is -0.336 e. The highest BCUT2D eigenvalue weighted by Gasteiger charge is 2.33. The number of nitrogens with one attached hydrogen (secondary N) is 1. The molecule has 0 radical (unpaired) electrons. The number of piperidine rings is 1. The molecule has 1 saturated heterocycles. The van der Waals surface area contributed by atoms with Gasteiger partial charge in [-0.15, -0.1) is 5.10 Å². The Morgan fingerprint density at radius 3 is 2.81 bits per heavy atom. The van der Waals surface area contributed by atoms with Gasteiger partial charge in [0.25, 0.3) is 0 Å². The molecule has 0 spiro atoms. The zero-order valence-corrected chi connectivity index (χ0v) is 12.6. The van der Waals surface area contributed by atoms with Crippen LogP contribution in [-0.2, 0) is 0 Å². The SMILES string of the molecule is Cc1ccc2nc(N(CC3CCNCC3)C3CC3)nn2c1. The summed E-state index contributed by atoms with van der Waals surface area (Å²) in [7, 11) is 0. The molecule has 2 aromatic rings. The maximum Gasteiger partial charge on any atom is 0.245 e. The van der Waals surface area contributed by atoms with Crippen molar-refractivity contribution in [1.82, 2.24) is 19.9 Å². The number of hydrogen-bond acceptors (Lipinski definition) is 4. The van der Waals surface area contributed by atoms with E-state index < -0.39 is 0 Å². The van der Waals surface area contributed by atoms with Crippen LogP contribution < -0.4 is 10.2 Å². The van der Waals surface area contributed by atoms with Gasteiger partial charge in [0.2, 0.25) is 5.95 Å². The predicted molar refractivity (Wildman–Crippen MR) is 83.7 cm³/mol. The Bertz CT molecular complexity index is 625. The minimum absolute atomic E-state index is 0.665. The molecule has 5 heteroatoms. The normalized spacial score (nSPS) is 20.0. The molecule has 1 aliphatic heterocycles. The summed E-state index contributed by atoms with van der Waals surface area (Å²) in [5.41, 5.74) is 2.17. The van der Waals surface area contributed by atoms with Gasteiger partial charge in [-0.2, -0.15) is 4.98 Å². The molecule has 0 unspecified atom stereocenters. The van der Waals surface area contributed by atoms with Gasteiger partial charge < -0.3 is 10.2 Å². The van der Waals surface area contributed by atoms with Gasteiger partial charge in [-0.1, -0.05) is 6.07 Å². The fourth-order valence-corrected chi connectivity index (χ4v) is 3.22. The first-order valence-electron chi connectivity index (χ1n) is 8.10. The zero-order valence-electron chi connectivity index (χ0n) is 12.6. The third-order valence-electron chi connectivity index (χ3n) is 4.63. The Kier molecular flexibility index (Phi) is 3.30. The Labute approximate surface area is 125 Å². The minimum atomic E-state index is 0.665. The average Bonchev–Trinajstić information content (AvgIpc) is 3.25. The summed E-state index contributed by atoms with van der Waals surface area (Å²) in [6, 6.07) is 4.82. The van der Waals surface area contributed by atoms with Crippen molar-refractivity contribution in [2.24, 2.45) is 5.92 Å². The third-order valence-corrected chi connectivity index (χ3v) is 4.63. The lowest BCUT2D eigenvalue weighted by atomic mass is 9.97. The highest BCUT2D eigenvalue weighted by molar-refractivity contribution is 5.46. The van der Waals surface area contributed by atoms with Crippen molar-refractivity contribution in [3.05, 3.63) is 23.9 Å². The van der Waals surface area contributed by atoms with E-state index in [9.17, 15) is 0 Å². The standard InChI is InChI=1S/C16H23N5/c1-12-2-5-15-18-16(19-21(15)10-12)20(14-3-4-14)11-13-6-8-17-9-7-13/h2,5,10,13-14,17H,3-4,6-9,11H2,1H3. The number of hydrogen-bond donors (Lipinski definition) is 1.